The van der Waals surface area contributed by atoms with Gasteiger partial charge in [-0.15, -0.1) is 0 Å². The summed E-state index contributed by atoms with van der Waals surface area (Å²) in [4.78, 5) is 52.7. The van der Waals surface area contributed by atoms with E-state index >= 15 is 4.39 Å². The number of nitrogens with zero attached hydrogens (tertiary/aromatic N) is 1. The lowest BCUT2D eigenvalue weighted by Gasteiger charge is -2.21. The van der Waals surface area contributed by atoms with Crippen LogP contribution in [0.25, 0.3) is 11.1 Å². The Morgan fingerprint density at radius 3 is 2.49 bits per heavy atom. The zero-order chi connectivity index (χ0) is 33.1. The molecular weight excluding hydrogens is 627 g/mol. The van der Waals surface area contributed by atoms with Gasteiger partial charge < -0.3 is 30.3 Å². The number of anilines is 1. The first-order chi connectivity index (χ1) is 22.6. The fraction of sp³-hybridized carbons (Fsp3) is 0.200. The van der Waals surface area contributed by atoms with Gasteiger partial charge in [-0.1, -0.05) is 41.9 Å². The van der Waals surface area contributed by atoms with Crippen molar-refractivity contribution in [2.75, 3.05) is 25.0 Å². The van der Waals surface area contributed by atoms with Crippen molar-refractivity contribution in [2.24, 2.45) is 0 Å². The average molecular weight is 657 g/mol. The molecule has 1 fully saturated rings. The highest BCUT2D eigenvalue weighted by Gasteiger charge is 2.39. The average Bonchev–Trinajstić information content (AvgIpc) is 3.44. The Morgan fingerprint density at radius 1 is 0.936 bits per heavy atom. The van der Waals surface area contributed by atoms with Crippen LogP contribution in [0.1, 0.15) is 33.2 Å². The molecule has 3 aliphatic rings. The molecule has 0 radical (unpaired) electrons. The molecule has 6 bridgehead atoms. The number of hydrogen-bond acceptors (Lipinski definition) is 6. The second kappa shape index (κ2) is 13.5. The Balaban J connectivity index is 1.31. The number of ether oxygens (including phenoxy) is 2. The molecule has 2 atom stereocenters. The molecule has 12 heteroatoms. The lowest BCUT2D eigenvalue weighted by atomic mass is 10.0. The summed E-state index contributed by atoms with van der Waals surface area (Å²) in [7, 11) is 0. The van der Waals surface area contributed by atoms with Crippen LogP contribution in [0.15, 0.2) is 84.9 Å². The van der Waals surface area contributed by atoms with Gasteiger partial charge >= 0.3 is 0 Å². The summed E-state index contributed by atoms with van der Waals surface area (Å²) >= 11 is 6.43. The van der Waals surface area contributed by atoms with Gasteiger partial charge in [-0.2, -0.15) is 0 Å². The molecule has 3 aliphatic heterocycles. The second-order valence-electron chi connectivity index (χ2n) is 11.3. The van der Waals surface area contributed by atoms with Crippen LogP contribution in [0.4, 0.5) is 10.1 Å². The summed E-state index contributed by atoms with van der Waals surface area (Å²) in [6, 6.07) is 22.1. The normalized spacial score (nSPS) is 17.8. The molecule has 0 aliphatic carbocycles. The number of likely N-dealkylation sites (tertiary alicyclic amines) is 1. The third-order valence-corrected chi connectivity index (χ3v) is 8.15. The van der Waals surface area contributed by atoms with Crippen molar-refractivity contribution in [3.05, 3.63) is 112 Å². The van der Waals surface area contributed by atoms with Crippen molar-refractivity contribution >= 4 is 40.9 Å². The van der Waals surface area contributed by atoms with Crippen LogP contribution in [0, 0.1) is 5.82 Å². The van der Waals surface area contributed by atoms with Gasteiger partial charge in [-0.25, -0.2) is 4.39 Å². The van der Waals surface area contributed by atoms with E-state index in [-0.39, 0.29) is 54.2 Å². The zero-order valence-electron chi connectivity index (χ0n) is 25.2. The van der Waals surface area contributed by atoms with Gasteiger partial charge in [0, 0.05) is 25.7 Å². The Hall–Kier alpha value is -5.42. The van der Waals surface area contributed by atoms with Crippen molar-refractivity contribution in [1.82, 2.24) is 15.5 Å². The van der Waals surface area contributed by atoms with Gasteiger partial charge in [0.25, 0.3) is 17.7 Å². The monoisotopic (exact) mass is 656 g/mol. The summed E-state index contributed by atoms with van der Waals surface area (Å²) in [6.45, 7) is 1.59. The number of benzene rings is 4. The molecule has 240 valence electrons. The number of rotatable bonds is 2. The van der Waals surface area contributed by atoms with Gasteiger partial charge in [0.2, 0.25) is 5.91 Å². The highest BCUT2D eigenvalue weighted by Crippen LogP contribution is 2.28. The molecule has 10 nitrogen and oxygen atoms in total. The molecule has 0 aromatic heterocycles. The number of fused-ring (bicyclic) bond motifs is 7. The van der Waals surface area contributed by atoms with Gasteiger partial charge in [-0.3, -0.25) is 19.2 Å². The highest BCUT2D eigenvalue weighted by atomic mass is 35.5. The minimum atomic E-state index is -0.720. The molecule has 0 saturated carbocycles. The van der Waals surface area contributed by atoms with Crippen LogP contribution in [-0.2, 0) is 16.1 Å². The smallest absolute Gasteiger partial charge is 0.258 e. The Labute approximate surface area is 274 Å². The first-order valence-electron chi connectivity index (χ1n) is 14.9. The third-order valence-electron chi connectivity index (χ3n) is 7.84. The first kappa shape index (κ1) is 31.6. The molecule has 4 amide bonds. The van der Waals surface area contributed by atoms with E-state index in [9.17, 15) is 19.2 Å². The van der Waals surface area contributed by atoms with E-state index in [1.807, 2.05) is 0 Å². The maximum atomic E-state index is 15.1. The van der Waals surface area contributed by atoms with Gasteiger partial charge in [0.15, 0.2) is 6.61 Å². The largest absolute Gasteiger partial charge is 0.486 e. The van der Waals surface area contributed by atoms with Crippen molar-refractivity contribution < 1.29 is 33.0 Å². The van der Waals surface area contributed by atoms with E-state index in [1.165, 1.54) is 36.1 Å². The van der Waals surface area contributed by atoms with E-state index < -0.39 is 29.8 Å². The third kappa shape index (κ3) is 7.36. The van der Waals surface area contributed by atoms with E-state index in [0.29, 0.717) is 28.3 Å². The van der Waals surface area contributed by atoms with Crippen molar-refractivity contribution in [3.8, 4) is 22.6 Å². The molecule has 3 heterocycles. The lowest BCUT2D eigenvalue weighted by Crippen LogP contribution is -2.45. The van der Waals surface area contributed by atoms with Crippen molar-refractivity contribution in [3.63, 3.8) is 0 Å². The van der Waals surface area contributed by atoms with Crippen molar-refractivity contribution in [2.45, 2.75) is 25.6 Å². The van der Waals surface area contributed by atoms with E-state index in [0.717, 1.165) is 5.56 Å². The summed E-state index contributed by atoms with van der Waals surface area (Å²) < 4.78 is 27.1. The maximum absolute atomic E-state index is 15.1. The molecule has 47 heavy (non-hydrogen) atoms. The minimum Gasteiger partial charge on any atom is -0.486 e. The van der Waals surface area contributed by atoms with Crippen LogP contribution in [-0.4, -0.2) is 60.4 Å². The lowest BCUT2D eigenvalue weighted by molar-refractivity contribution is -0.123. The SMILES string of the molecule is CC(=O)Nc1ccc(C(=O)N2C[C@@H]3NC(=O)c4cc(ccc4F)-c4cccc(c4)OCC(=O)NCc4ccc(cc4)O[C@H]3C2)c(Cl)c1. The fourth-order valence-electron chi connectivity index (χ4n) is 5.49. The minimum absolute atomic E-state index is 0.0594. The Morgan fingerprint density at radius 2 is 1.72 bits per heavy atom. The zero-order valence-corrected chi connectivity index (χ0v) is 26.0. The number of carbonyl (C=O) groups is 4. The van der Waals surface area contributed by atoms with Crippen LogP contribution in [0.3, 0.4) is 0 Å². The summed E-state index contributed by atoms with van der Waals surface area (Å²) in [5.74, 6) is -1.48. The molecular formula is C35H30ClFN4O6. The van der Waals surface area contributed by atoms with E-state index in [2.05, 4.69) is 16.0 Å². The predicted molar refractivity (Wildman–Crippen MR) is 173 cm³/mol. The molecule has 1 saturated heterocycles. The number of amides is 4. The maximum Gasteiger partial charge on any atom is 0.258 e. The number of hydrogen-bond donors (Lipinski definition) is 3. The second-order valence-corrected chi connectivity index (χ2v) is 11.7. The van der Waals surface area contributed by atoms with Crippen LogP contribution >= 0.6 is 11.6 Å². The number of halogens is 2. The molecule has 4 aromatic rings. The van der Waals surface area contributed by atoms with Gasteiger partial charge in [0.1, 0.15) is 23.4 Å². The Kier molecular flexibility index (Phi) is 9.08. The van der Waals surface area contributed by atoms with Gasteiger partial charge in [-0.05, 0) is 71.3 Å². The standard InChI is InChI=1S/C35H30ClFN4O6/c1-20(42)39-24-8-11-27(29(36)15-24)35(45)41-17-31-32(18-41)47-25-9-5-21(6-10-25)16-38-33(43)19-46-26-4-2-3-22(13-26)23-7-12-30(37)28(14-23)34(44)40-31/h2-15,31-32H,16-19H2,1H3,(H,38,43)(H,39,42)(H,40,44)/t31-,32-/m0/s1. The summed E-state index contributed by atoms with van der Waals surface area (Å²) in [5, 5.41) is 8.48. The molecule has 0 unspecified atom stereocenters. The number of nitrogens with one attached hydrogen (secondary N) is 3. The van der Waals surface area contributed by atoms with Crippen LogP contribution in [0.5, 0.6) is 11.5 Å². The fourth-order valence-corrected chi connectivity index (χ4v) is 5.75. The van der Waals surface area contributed by atoms with Crippen molar-refractivity contribution in [1.29, 1.82) is 0 Å². The molecule has 7 rings (SSSR count). The topological polar surface area (TPSA) is 126 Å². The van der Waals surface area contributed by atoms with E-state index in [1.54, 1.807) is 60.7 Å². The summed E-state index contributed by atoms with van der Waals surface area (Å²) in [6.07, 6.45) is -0.698. The first-order valence-corrected chi connectivity index (χ1v) is 15.2. The molecule has 3 N–H and O–H groups in total. The number of carbonyl (C=O) groups excluding carboxylic acids is 4. The highest BCUT2D eigenvalue weighted by molar-refractivity contribution is 6.34. The van der Waals surface area contributed by atoms with Crippen LogP contribution < -0.4 is 25.4 Å². The quantitative estimate of drug-likeness (QED) is 0.284. The molecule has 0 spiro atoms. The summed E-state index contributed by atoms with van der Waals surface area (Å²) in [5.41, 5.74) is 2.51. The van der Waals surface area contributed by atoms with Crippen LogP contribution in [0.2, 0.25) is 5.02 Å². The predicted octanol–water partition coefficient (Wildman–Crippen LogP) is 4.82. The van der Waals surface area contributed by atoms with E-state index in [4.69, 9.17) is 21.1 Å². The molecule has 4 aromatic carbocycles. The van der Waals surface area contributed by atoms with Gasteiger partial charge in [0.05, 0.1) is 28.7 Å². The Bertz CT molecular complexity index is 1870.